The molecule has 3 N–H and O–H groups in total. The number of phenols is 1. The number of ether oxygens (including phenoxy) is 2. The molecule has 0 heterocycles. The number of aromatic hydroxyl groups is 1. The lowest BCUT2D eigenvalue weighted by Gasteiger charge is -2.18. The molecule has 26 heavy (non-hydrogen) atoms. The van der Waals surface area contributed by atoms with Crippen molar-refractivity contribution < 1.29 is 19.4 Å². The van der Waals surface area contributed by atoms with E-state index in [1.54, 1.807) is 37.4 Å². The van der Waals surface area contributed by atoms with Gasteiger partial charge in [0.25, 0.3) is 0 Å². The number of rotatable bonds is 3. The summed E-state index contributed by atoms with van der Waals surface area (Å²) in [7, 11) is 2.96. The number of benzene rings is 3. The first-order valence-corrected chi connectivity index (χ1v) is 8.17. The lowest BCUT2D eigenvalue weighted by molar-refractivity contribution is 0.0601. The van der Waals surface area contributed by atoms with Crippen molar-refractivity contribution in [2.75, 3.05) is 20.0 Å². The Kier molecular flexibility index (Phi) is 4.47. The highest BCUT2D eigenvalue weighted by molar-refractivity contribution is 6.05. The number of carbonyl (C=O) groups excluding carboxylic acids is 1. The van der Waals surface area contributed by atoms with Gasteiger partial charge in [0.15, 0.2) is 0 Å². The van der Waals surface area contributed by atoms with Gasteiger partial charge in [0.1, 0.15) is 11.5 Å². The van der Waals surface area contributed by atoms with Crippen LogP contribution in [0.15, 0.2) is 36.4 Å². The number of hydrogen-bond acceptors (Lipinski definition) is 5. The third-order valence-electron chi connectivity index (χ3n) is 4.61. The summed E-state index contributed by atoms with van der Waals surface area (Å²) in [6, 6.07) is 10.4. The summed E-state index contributed by atoms with van der Waals surface area (Å²) in [6.07, 6.45) is 0. The van der Waals surface area contributed by atoms with Gasteiger partial charge in [0.2, 0.25) is 0 Å². The van der Waals surface area contributed by atoms with Crippen molar-refractivity contribution in [2.45, 2.75) is 13.8 Å². The second-order valence-electron chi connectivity index (χ2n) is 6.20. The van der Waals surface area contributed by atoms with Gasteiger partial charge in [0.05, 0.1) is 19.8 Å². The summed E-state index contributed by atoms with van der Waals surface area (Å²) in [6.45, 7) is 3.84. The molecule has 0 aliphatic rings. The molecule has 5 nitrogen and oxygen atoms in total. The zero-order chi connectivity index (χ0) is 19.0. The van der Waals surface area contributed by atoms with Crippen LogP contribution in [0.5, 0.6) is 11.5 Å². The van der Waals surface area contributed by atoms with E-state index in [9.17, 15) is 9.90 Å². The molecule has 134 valence electrons. The Bertz CT molecular complexity index is 1020. The Balaban J connectivity index is 2.36. The van der Waals surface area contributed by atoms with Crippen LogP contribution in [0.25, 0.3) is 21.9 Å². The molecule has 3 rings (SSSR count). The van der Waals surface area contributed by atoms with E-state index in [1.807, 2.05) is 19.9 Å². The molecule has 0 aliphatic heterocycles. The number of phenolic OH excluding ortho intramolecular Hbond substituents is 1. The van der Waals surface area contributed by atoms with Crippen LogP contribution in [0, 0.1) is 13.8 Å². The van der Waals surface area contributed by atoms with Crippen molar-refractivity contribution in [3.8, 4) is 22.6 Å². The number of methoxy groups -OCH3 is 2. The molecule has 0 saturated heterocycles. The van der Waals surface area contributed by atoms with Crippen LogP contribution in [-0.2, 0) is 4.74 Å². The van der Waals surface area contributed by atoms with E-state index < -0.39 is 5.97 Å². The van der Waals surface area contributed by atoms with Gasteiger partial charge in [-0.05, 0) is 54.4 Å². The predicted molar refractivity (Wildman–Crippen MR) is 103 cm³/mol. The van der Waals surface area contributed by atoms with Crippen LogP contribution in [0.4, 0.5) is 5.69 Å². The maximum Gasteiger partial charge on any atom is 0.337 e. The average Bonchev–Trinajstić information content (AvgIpc) is 2.62. The van der Waals surface area contributed by atoms with Gasteiger partial charge < -0.3 is 20.3 Å². The first-order valence-electron chi connectivity index (χ1n) is 8.17. The highest BCUT2D eigenvalue weighted by atomic mass is 16.5. The summed E-state index contributed by atoms with van der Waals surface area (Å²) >= 11 is 0. The molecule has 0 aliphatic carbocycles. The van der Waals surface area contributed by atoms with Gasteiger partial charge in [-0.1, -0.05) is 12.1 Å². The van der Waals surface area contributed by atoms with Gasteiger partial charge in [0, 0.05) is 22.4 Å². The van der Waals surface area contributed by atoms with E-state index in [-0.39, 0.29) is 5.75 Å². The van der Waals surface area contributed by atoms with Crippen LogP contribution in [0.1, 0.15) is 21.5 Å². The zero-order valence-electron chi connectivity index (χ0n) is 15.2. The molecular formula is C21H21NO4. The van der Waals surface area contributed by atoms with E-state index in [2.05, 4.69) is 0 Å². The SMILES string of the molecule is COC(=O)c1ccc2c(-c3c(N)cc(C)c(OC)c3C)c(O)ccc2c1. The van der Waals surface area contributed by atoms with Crippen LogP contribution >= 0.6 is 0 Å². The van der Waals surface area contributed by atoms with Crippen molar-refractivity contribution in [1.29, 1.82) is 0 Å². The number of nitrogens with two attached hydrogens (primary N) is 1. The fourth-order valence-corrected chi connectivity index (χ4v) is 3.47. The Labute approximate surface area is 152 Å². The first kappa shape index (κ1) is 17.6. The number of fused-ring (bicyclic) bond motifs is 1. The molecule has 3 aromatic carbocycles. The van der Waals surface area contributed by atoms with Crippen LogP contribution < -0.4 is 10.5 Å². The third kappa shape index (κ3) is 2.71. The third-order valence-corrected chi connectivity index (χ3v) is 4.61. The van der Waals surface area contributed by atoms with E-state index >= 15 is 0 Å². The lowest BCUT2D eigenvalue weighted by atomic mass is 9.90. The molecular weight excluding hydrogens is 330 g/mol. The second kappa shape index (κ2) is 6.59. The highest BCUT2D eigenvalue weighted by Gasteiger charge is 2.19. The maximum absolute atomic E-state index is 11.8. The van der Waals surface area contributed by atoms with Crippen LogP contribution in [0.2, 0.25) is 0 Å². The number of nitrogen functional groups attached to an aromatic ring is 1. The Morgan fingerprint density at radius 1 is 1.04 bits per heavy atom. The van der Waals surface area contributed by atoms with Gasteiger partial charge >= 0.3 is 5.97 Å². The first-order chi connectivity index (χ1) is 12.4. The minimum absolute atomic E-state index is 0.115. The quantitative estimate of drug-likeness (QED) is 0.546. The van der Waals surface area contributed by atoms with Crippen molar-refractivity contribution in [3.05, 3.63) is 53.1 Å². The fourth-order valence-electron chi connectivity index (χ4n) is 3.47. The molecule has 0 saturated carbocycles. The smallest absolute Gasteiger partial charge is 0.337 e. The van der Waals surface area contributed by atoms with Crippen molar-refractivity contribution >= 4 is 22.4 Å². The van der Waals surface area contributed by atoms with E-state index in [0.717, 1.165) is 33.2 Å². The Morgan fingerprint density at radius 3 is 2.42 bits per heavy atom. The standard InChI is InChI=1S/C21H21NO4/c1-11-9-16(22)18(12(2)20(11)25-3)19-15-7-5-14(21(24)26-4)10-13(15)6-8-17(19)23/h5-10,23H,22H2,1-4H3. The van der Waals surface area contributed by atoms with Crippen molar-refractivity contribution in [1.82, 2.24) is 0 Å². The normalized spacial score (nSPS) is 10.8. The number of anilines is 1. The number of esters is 1. The zero-order valence-corrected chi connectivity index (χ0v) is 15.2. The number of hydrogen-bond donors (Lipinski definition) is 2. The Hall–Kier alpha value is -3.21. The van der Waals surface area contributed by atoms with E-state index in [1.165, 1.54) is 7.11 Å². The molecule has 5 heteroatoms. The number of aryl methyl sites for hydroxylation is 1. The molecule has 0 bridgehead atoms. The number of carbonyl (C=O) groups is 1. The van der Waals surface area contributed by atoms with E-state index in [4.69, 9.17) is 15.2 Å². The molecule has 0 aromatic heterocycles. The molecule has 3 aromatic rings. The van der Waals surface area contributed by atoms with Crippen LogP contribution in [0.3, 0.4) is 0 Å². The lowest BCUT2D eigenvalue weighted by Crippen LogP contribution is -2.02. The second-order valence-corrected chi connectivity index (χ2v) is 6.20. The summed E-state index contributed by atoms with van der Waals surface area (Å²) in [5, 5.41) is 12.2. The van der Waals surface area contributed by atoms with Crippen molar-refractivity contribution in [2.24, 2.45) is 0 Å². The predicted octanol–water partition coefficient (Wildman–Crippen LogP) is 4.21. The summed E-state index contributed by atoms with van der Waals surface area (Å²) in [5.74, 6) is 0.440. The topological polar surface area (TPSA) is 81.8 Å². The molecule has 0 amide bonds. The minimum atomic E-state index is -0.408. The molecule has 0 unspecified atom stereocenters. The van der Waals surface area contributed by atoms with Crippen LogP contribution in [-0.4, -0.2) is 25.3 Å². The molecule has 0 radical (unpaired) electrons. The monoisotopic (exact) mass is 351 g/mol. The van der Waals surface area contributed by atoms with Gasteiger partial charge in [-0.15, -0.1) is 0 Å². The summed E-state index contributed by atoms with van der Waals surface area (Å²) < 4.78 is 10.3. The highest BCUT2D eigenvalue weighted by Crippen LogP contribution is 2.44. The summed E-state index contributed by atoms with van der Waals surface area (Å²) in [4.78, 5) is 11.8. The largest absolute Gasteiger partial charge is 0.507 e. The average molecular weight is 351 g/mol. The fraction of sp³-hybridized carbons (Fsp3) is 0.190. The van der Waals surface area contributed by atoms with E-state index in [0.29, 0.717) is 16.8 Å². The maximum atomic E-state index is 11.8. The van der Waals surface area contributed by atoms with Gasteiger partial charge in [-0.25, -0.2) is 4.79 Å². The molecule has 0 fully saturated rings. The minimum Gasteiger partial charge on any atom is -0.507 e. The van der Waals surface area contributed by atoms with Crippen molar-refractivity contribution in [3.63, 3.8) is 0 Å². The Morgan fingerprint density at radius 2 is 1.77 bits per heavy atom. The van der Waals surface area contributed by atoms with Gasteiger partial charge in [-0.2, -0.15) is 0 Å². The van der Waals surface area contributed by atoms with Gasteiger partial charge in [-0.3, -0.25) is 0 Å². The molecule has 0 atom stereocenters. The molecule has 0 spiro atoms. The summed E-state index contributed by atoms with van der Waals surface area (Å²) in [5.41, 5.74) is 10.4.